The number of ketones is 1. The summed E-state index contributed by atoms with van der Waals surface area (Å²) in [6.45, 7) is 2.04. The summed E-state index contributed by atoms with van der Waals surface area (Å²) >= 11 is 5.69. The van der Waals surface area contributed by atoms with Gasteiger partial charge in [-0.15, -0.1) is 0 Å². The van der Waals surface area contributed by atoms with E-state index < -0.39 is 5.82 Å². The average Bonchev–Trinajstić information content (AvgIpc) is 2.38. The van der Waals surface area contributed by atoms with Crippen molar-refractivity contribution in [1.29, 1.82) is 0 Å². The van der Waals surface area contributed by atoms with Gasteiger partial charge >= 0.3 is 0 Å². The largest absolute Gasteiger partial charge is 0.328 e. The number of hydrogen-bond acceptors (Lipinski definition) is 3. The fourth-order valence-electron chi connectivity index (χ4n) is 2.31. The van der Waals surface area contributed by atoms with Gasteiger partial charge in [-0.3, -0.25) is 9.69 Å². The SMILES string of the molecule is NC1CCN(CC(=O)Cc2cccc(Cl)c2F)CC1. The fourth-order valence-corrected chi connectivity index (χ4v) is 2.51. The Morgan fingerprint density at radius 3 is 2.79 bits per heavy atom. The van der Waals surface area contributed by atoms with Gasteiger partial charge in [-0.2, -0.15) is 0 Å². The van der Waals surface area contributed by atoms with E-state index in [0.29, 0.717) is 12.1 Å². The van der Waals surface area contributed by atoms with Crippen LogP contribution in [0, 0.1) is 5.82 Å². The van der Waals surface area contributed by atoms with Crippen LogP contribution in [-0.2, 0) is 11.2 Å². The minimum atomic E-state index is -0.488. The van der Waals surface area contributed by atoms with Gasteiger partial charge in [-0.05, 0) is 24.5 Å². The molecule has 0 spiro atoms. The topological polar surface area (TPSA) is 46.3 Å². The molecule has 5 heteroatoms. The molecule has 19 heavy (non-hydrogen) atoms. The van der Waals surface area contributed by atoms with E-state index in [1.54, 1.807) is 12.1 Å². The van der Waals surface area contributed by atoms with Gasteiger partial charge in [-0.1, -0.05) is 23.7 Å². The first kappa shape index (κ1) is 14.4. The molecule has 2 N–H and O–H groups in total. The lowest BCUT2D eigenvalue weighted by Gasteiger charge is -2.29. The monoisotopic (exact) mass is 284 g/mol. The van der Waals surface area contributed by atoms with Gasteiger partial charge in [0, 0.05) is 25.6 Å². The highest BCUT2D eigenvalue weighted by molar-refractivity contribution is 6.30. The Morgan fingerprint density at radius 1 is 1.42 bits per heavy atom. The number of carbonyl (C=O) groups is 1. The van der Waals surface area contributed by atoms with Crippen LogP contribution >= 0.6 is 11.6 Å². The van der Waals surface area contributed by atoms with Crippen molar-refractivity contribution < 1.29 is 9.18 Å². The van der Waals surface area contributed by atoms with E-state index in [1.165, 1.54) is 6.07 Å². The van der Waals surface area contributed by atoms with Crippen LogP contribution in [0.2, 0.25) is 5.02 Å². The van der Waals surface area contributed by atoms with Crippen molar-refractivity contribution >= 4 is 17.4 Å². The van der Waals surface area contributed by atoms with Crippen LogP contribution in [0.1, 0.15) is 18.4 Å². The van der Waals surface area contributed by atoms with Gasteiger partial charge in [0.15, 0.2) is 5.78 Å². The molecule has 1 fully saturated rings. The van der Waals surface area contributed by atoms with Gasteiger partial charge < -0.3 is 5.73 Å². The second kappa shape index (κ2) is 6.46. The predicted octanol–water partition coefficient (Wildman–Crippen LogP) is 2.01. The summed E-state index contributed by atoms with van der Waals surface area (Å²) in [5.74, 6) is -0.477. The molecule has 0 atom stereocenters. The summed E-state index contributed by atoms with van der Waals surface area (Å²) in [6, 6.07) is 4.99. The molecule has 0 amide bonds. The highest BCUT2D eigenvalue weighted by Gasteiger charge is 2.19. The number of piperidine rings is 1. The Morgan fingerprint density at radius 2 is 2.11 bits per heavy atom. The third-order valence-corrected chi connectivity index (χ3v) is 3.74. The molecular weight excluding hydrogens is 267 g/mol. The van der Waals surface area contributed by atoms with E-state index in [-0.39, 0.29) is 23.3 Å². The highest BCUT2D eigenvalue weighted by Crippen LogP contribution is 2.18. The molecule has 0 radical (unpaired) electrons. The summed E-state index contributed by atoms with van der Waals surface area (Å²) in [7, 11) is 0. The van der Waals surface area contributed by atoms with Crippen molar-refractivity contribution in [2.45, 2.75) is 25.3 Å². The van der Waals surface area contributed by atoms with E-state index >= 15 is 0 Å². The van der Waals surface area contributed by atoms with Crippen molar-refractivity contribution in [3.63, 3.8) is 0 Å². The number of likely N-dealkylation sites (tertiary alicyclic amines) is 1. The van der Waals surface area contributed by atoms with Crippen molar-refractivity contribution in [2.24, 2.45) is 5.73 Å². The molecule has 0 saturated carbocycles. The molecule has 1 heterocycles. The Kier molecular flexibility index (Phi) is 4.91. The van der Waals surface area contributed by atoms with Crippen LogP contribution in [0.15, 0.2) is 18.2 Å². The van der Waals surface area contributed by atoms with Crippen LogP contribution in [0.4, 0.5) is 4.39 Å². The summed E-state index contributed by atoms with van der Waals surface area (Å²) < 4.78 is 13.7. The molecule has 1 aromatic carbocycles. The van der Waals surface area contributed by atoms with Gasteiger partial charge in [0.2, 0.25) is 0 Å². The zero-order valence-corrected chi connectivity index (χ0v) is 11.5. The fraction of sp³-hybridized carbons (Fsp3) is 0.500. The molecule has 0 unspecified atom stereocenters. The number of halogens is 2. The zero-order valence-electron chi connectivity index (χ0n) is 10.7. The molecule has 1 saturated heterocycles. The third-order valence-electron chi connectivity index (χ3n) is 3.45. The first-order chi connectivity index (χ1) is 9.06. The van der Waals surface area contributed by atoms with E-state index in [4.69, 9.17) is 17.3 Å². The standard InChI is InChI=1S/C14H18ClFN2O/c15-13-3-1-2-10(14(13)16)8-12(19)9-18-6-4-11(17)5-7-18/h1-3,11H,4-9,17H2. The first-order valence-corrected chi connectivity index (χ1v) is 6.86. The number of Topliss-reactive ketones (excluding diaryl/α,β-unsaturated/α-hetero) is 1. The highest BCUT2D eigenvalue weighted by atomic mass is 35.5. The van der Waals surface area contributed by atoms with Crippen molar-refractivity contribution in [3.05, 3.63) is 34.6 Å². The lowest BCUT2D eigenvalue weighted by atomic mass is 10.0. The number of nitrogens with two attached hydrogens (primary N) is 1. The van der Waals surface area contributed by atoms with E-state index in [0.717, 1.165) is 25.9 Å². The zero-order chi connectivity index (χ0) is 13.8. The normalized spacial score (nSPS) is 17.6. The van der Waals surface area contributed by atoms with E-state index in [9.17, 15) is 9.18 Å². The number of benzene rings is 1. The Hall–Kier alpha value is -0.970. The molecule has 0 bridgehead atoms. The molecule has 1 aliphatic rings. The third kappa shape index (κ3) is 4.00. The summed E-state index contributed by atoms with van der Waals surface area (Å²) in [4.78, 5) is 14.0. The maximum absolute atomic E-state index is 13.7. The lowest BCUT2D eigenvalue weighted by molar-refractivity contribution is -0.119. The molecule has 3 nitrogen and oxygen atoms in total. The lowest BCUT2D eigenvalue weighted by Crippen LogP contribution is -2.42. The quantitative estimate of drug-likeness (QED) is 0.920. The Labute approximate surface area is 117 Å². The average molecular weight is 285 g/mol. The smallest absolute Gasteiger partial charge is 0.151 e. The van der Waals surface area contributed by atoms with Crippen LogP contribution in [-0.4, -0.2) is 36.4 Å². The van der Waals surface area contributed by atoms with Crippen molar-refractivity contribution in [2.75, 3.05) is 19.6 Å². The van der Waals surface area contributed by atoms with E-state index in [1.807, 2.05) is 0 Å². The Balaban J connectivity index is 1.89. The van der Waals surface area contributed by atoms with Crippen molar-refractivity contribution in [3.8, 4) is 0 Å². The molecule has 104 valence electrons. The summed E-state index contributed by atoms with van der Waals surface area (Å²) in [6.07, 6.45) is 1.92. The number of nitrogens with zero attached hydrogens (tertiary/aromatic N) is 1. The van der Waals surface area contributed by atoms with Gasteiger partial charge in [-0.25, -0.2) is 4.39 Å². The maximum Gasteiger partial charge on any atom is 0.151 e. The molecule has 0 aromatic heterocycles. The Bertz CT molecular complexity index is 459. The van der Waals surface area contributed by atoms with E-state index in [2.05, 4.69) is 4.90 Å². The first-order valence-electron chi connectivity index (χ1n) is 6.49. The van der Waals surface area contributed by atoms with Gasteiger partial charge in [0.05, 0.1) is 11.6 Å². The minimum absolute atomic E-state index is 0.0108. The molecular formula is C14H18ClFN2O. The second-order valence-electron chi connectivity index (χ2n) is 5.04. The number of rotatable bonds is 4. The van der Waals surface area contributed by atoms with Crippen LogP contribution in [0.3, 0.4) is 0 Å². The number of hydrogen-bond donors (Lipinski definition) is 1. The van der Waals surface area contributed by atoms with Crippen LogP contribution < -0.4 is 5.73 Å². The summed E-state index contributed by atoms with van der Waals surface area (Å²) in [5, 5.41) is 0.0641. The molecule has 1 aromatic rings. The second-order valence-corrected chi connectivity index (χ2v) is 5.45. The number of carbonyl (C=O) groups excluding carboxylic acids is 1. The van der Waals surface area contributed by atoms with Gasteiger partial charge in [0.25, 0.3) is 0 Å². The molecule has 0 aliphatic carbocycles. The molecule has 2 rings (SSSR count). The molecule has 1 aliphatic heterocycles. The van der Waals surface area contributed by atoms with Gasteiger partial charge in [0.1, 0.15) is 5.82 Å². The van der Waals surface area contributed by atoms with Crippen LogP contribution in [0.25, 0.3) is 0 Å². The van der Waals surface area contributed by atoms with Crippen LogP contribution in [0.5, 0.6) is 0 Å². The van der Waals surface area contributed by atoms with Crippen molar-refractivity contribution in [1.82, 2.24) is 4.90 Å². The maximum atomic E-state index is 13.7. The minimum Gasteiger partial charge on any atom is -0.328 e. The predicted molar refractivity (Wildman–Crippen MR) is 73.8 cm³/mol. The summed E-state index contributed by atoms with van der Waals surface area (Å²) in [5.41, 5.74) is 6.18.